The maximum absolute atomic E-state index is 13.2. The molecule has 0 aromatic carbocycles. The van der Waals surface area contributed by atoms with E-state index in [4.69, 9.17) is 9.47 Å². The van der Waals surface area contributed by atoms with E-state index in [-0.39, 0.29) is 12.5 Å². The van der Waals surface area contributed by atoms with Gasteiger partial charge in [-0.1, -0.05) is 321 Å². The number of aliphatic hydroxyl groups excluding tert-OH is 4. The van der Waals surface area contributed by atoms with E-state index in [1.807, 2.05) is 0 Å². The fraction of sp³-hybridized carbons (Fsp3) is 0.955. The Balaban J connectivity index is 2.24. The number of amides is 1. The zero-order chi connectivity index (χ0) is 58.3. The molecule has 7 atom stereocenters. The van der Waals surface area contributed by atoms with Gasteiger partial charge in [-0.15, -0.1) is 0 Å². The number of carbonyl (C=O) groups excluding carboxylic acids is 1. The zero-order valence-corrected chi connectivity index (χ0v) is 53.0. The van der Waals surface area contributed by atoms with Crippen molar-refractivity contribution >= 4 is 16.3 Å². The minimum absolute atomic E-state index is 0.222. The van der Waals surface area contributed by atoms with Gasteiger partial charge in [-0.25, -0.2) is 4.18 Å². The highest BCUT2D eigenvalue weighted by molar-refractivity contribution is 7.80. The predicted octanol–water partition coefficient (Wildman–Crippen LogP) is 17.7. The van der Waals surface area contributed by atoms with Gasteiger partial charge in [0, 0.05) is 6.42 Å². The van der Waals surface area contributed by atoms with Crippen LogP contribution < -0.4 is 5.32 Å². The highest BCUT2D eigenvalue weighted by Gasteiger charge is 2.48. The lowest BCUT2D eigenvalue weighted by Gasteiger charge is -2.41. The first kappa shape index (κ1) is 76.9. The third-order valence-corrected chi connectivity index (χ3v) is 17.3. The molecule has 7 unspecified atom stereocenters. The number of nitrogens with one attached hydrogen (secondary N) is 1. The lowest BCUT2D eigenvalue weighted by Crippen LogP contribution is -2.61. The molecule has 13 heteroatoms. The monoisotopic (exact) mass is 1160 g/mol. The van der Waals surface area contributed by atoms with Crippen LogP contribution in [0.4, 0.5) is 0 Å². The van der Waals surface area contributed by atoms with Crippen LogP contribution >= 0.6 is 0 Å². The fourth-order valence-electron chi connectivity index (χ4n) is 11.5. The second-order valence-corrected chi connectivity index (χ2v) is 25.5. The molecule has 0 aromatic rings. The van der Waals surface area contributed by atoms with Crippen molar-refractivity contribution in [3.05, 3.63) is 12.2 Å². The summed E-state index contributed by atoms with van der Waals surface area (Å²) in [5, 5.41) is 45.3. The Morgan fingerprint density at radius 3 is 1.12 bits per heavy atom. The Labute approximate surface area is 493 Å². The van der Waals surface area contributed by atoms with Gasteiger partial charge in [-0.3, -0.25) is 9.35 Å². The van der Waals surface area contributed by atoms with Gasteiger partial charge in [0.2, 0.25) is 5.91 Å². The topological polar surface area (TPSA) is 192 Å². The first-order valence-electron chi connectivity index (χ1n) is 34.6. The standard InChI is InChI=1S/C67H131NO11S/c1-3-5-7-9-11-13-15-17-19-21-23-25-27-28-29-30-31-32-33-35-37-39-41-43-45-47-49-51-53-55-57-63(71)68-60(59-77-67-65(73)66(79-80(74,75)76)64(72)62(58-69)78-67)61(70)56-54-52-50-48-46-44-42-40-38-36-34-26-24-22-20-18-16-14-12-10-8-6-4-2/h28-29,60-62,64-67,69-70,72-73H,3-27,30-59H2,1-2H3,(H,68,71)(H,74,75,76)/b29-28-. The van der Waals surface area contributed by atoms with E-state index in [0.29, 0.717) is 12.8 Å². The van der Waals surface area contributed by atoms with Crippen molar-refractivity contribution < 1.29 is 51.8 Å². The molecule has 0 aliphatic carbocycles. The van der Waals surface area contributed by atoms with Crippen LogP contribution in [0.15, 0.2) is 12.2 Å². The van der Waals surface area contributed by atoms with Crippen molar-refractivity contribution in [3.8, 4) is 0 Å². The van der Waals surface area contributed by atoms with Gasteiger partial charge in [0.25, 0.3) is 0 Å². The number of unbranched alkanes of at least 4 members (excludes halogenated alkanes) is 48. The van der Waals surface area contributed by atoms with Crippen LogP contribution in [-0.4, -0.2) is 95.4 Å². The number of hydrogen-bond acceptors (Lipinski definition) is 10. The molecule has 1 rings (SSSR count). The minimum Gasteiger partial charge on any atom is -0.394 e. The molecule has 476 valence electrons. The molecule has 0 spiro atoms. The molecule has 1 fully saturated rings. The molecule has 1 aliphatic heterocycles. The summed E-state index contributed by atoms with van der Waals surface area (Å²) in [6.45, 7) is 3.52. The second-order valence-electron chi connectivity index (χ2n) is 24.5. The maximum atomic E-state index is 13.2. The third kappa shape index (κ3) is 48.1. The van der Waals surface area contributed by atoms with Crippen LogP contribution in [0, 0.1) is 0 Å². The molecular formula is C67H131NO11S. The van der Waals surface area contributed by atoms with Gasteiger partial charge >= 0.3 is 10.4 Å². The molecule has 12 nitrogen and oxygen atoms in total. The summed E-state index contributed by atoms with van der Waals surface area (Å²) in [6.07, 6.45) is 62.4. The Morgan fingerprint density at radius 1 is 0.487 bits per heavy atom. The Bertz CT molecular complexity index is 1450. The van der Waals surface area contributed by atoms with E-state index in [1.165, 1.54) is 276 Å². The lowest BCUT2D eigenvalue weighted by molar-refractivity contribution is -0.298. The van der Waals surface area contributed by atoms with Crippen LogP contribution in [0.3, 0.4) is 0 Å². The Morgan fingerprint density at radius 2 is 0.800 bits per heavy atom. The Hall–Kier alpha value is -1.16. The van der Waals surface area contributed by atoms with E-state index in [0.717, 1.165) is 51.4 Å². The normalized spacial score (nSPS) is 18.6. The zero-order valence-electron chi connectivity index (χ0n) is 52.2. The number of allylic oxidation sites excluding steroid dienone is 2. The molecule has 1 heterocycles. The second kappa shape index (κ2) is 56.9. The van der Waals surface area contributed by atoms with Crippen molar-refractivity contribution in [2.45, 2.75) is 397 Å². The first-order chi connectivity index (χ1) is 39.0. The van der Waals surface area contributed by atoms with E-state index >= 15 is 0 Å². The Kier molecular flexibility index (Phi) is 54.7. The van der Waals surface area contributed by atoms with Crippen molar-refractivity contribution in [2.75, 3.05) is 13.2 Å². The summed E-state index contributed by atoms with van der Waals surface area (Å²) >= 11 is 0. The molecule has 1 saturated heterocycles. The van der Waals surface area contributed by atoms with Crippen molar-refractivity contribution in [1.82, 2.24) is 5.32 Å². The predicted molar refractivity (Wildman–Crippen MR) is 333 cm³/mol. The van der Waals surface area contributed by atoms with E-state index in [2.05, 4.69) is 35.5 Å². The van der Waals surface area contributed by atoms with E-state index < -0.39 is 59.9 Å². The maximum Gasteiger partial charge on any atom is 0.397 e. The molecule has 1 amide bonds. The lowest BCUT2D eigenvalue weighted by atomic mass is 9.99. The SMILES string of the molecule is CCCCCCCCCCCCCC/C=C\CCCCCCCCCCCCCCCCC(=O)NC(COC1OC(CO)C(O)C(OS(=O)(=O)O)C1O)C(O)CCCCCCCCCCCCCCCCCCCCCCCCC. The largest absolute Gasteiger partial charge is 0.397 e. The van der Waals surface area contributed by atoms with Gasteiger partial charge in [-0.2, -0.15) is 8.42 Å². The van der Waals surface area contributed by atoms with Crippen LogP contribution in [0.1, 0.15) is 354 Å². The van der Waals surface area contributed by atoms with Gasteiger partial charge in [0.1, 0.15) is 24.4 Å². The molecule has 0 aromatic heterocycles. The van der Waals surface area contributed by atoms with Crippen LogP contribution in [0.5, 0.6) is 0 Å². The van der Waals surface area contributed by atoms with Crippen molar-refractivity contribution in [2.24, 2.45) is 0 Å². The summed E-state index contributed by atoms with van der Waals surface area (Å²) in [5.74, 6) is -0.222. The molecule has 1 aliphatic rings. The molecule has 80 heavy (non-hydrogen) atoms. The smallest absolute Gasteiger partial charge is 0.394 e. The third-order valence-electron chi connectivity index (χ3n) is 16.8. The number of rotatable bonds is 62. The number of carbonyl (C=O) groups is 1. The van der Waals surface area contributed by atoms with Gasteiger partial charge in [-0.05, 0) is 38.5 Å². The fourth-order valence-corrected chi connectivity index (χ4v) is 12.0. The molecule has 0 saturated carbocycles. The number of ether oxygens (including phenoxy) is 2. The van der Waals surface area contributed by atoms with Crippen LogP contribution in [0.25, 0.3) is 0 Å². The number of hydrogen-bond donors (Lipinski definition) is 6. The van der Waals surface area contributed by atoms with E-state index in [9.17, 15) is 38.2 Å². The van der Waals surface area contributed by atoms with Gasteiger partial charge in [0.05, 0.1) is 25.4 Å². The quantitative estimate of drug-likeness (QED) is 0.0193. The average molecular weight is 1160 g/mol. The first-order valence-corrected chi connectivity index (χ1v) is 35.9. The number of aliphatic hydroxyl groups is 4. The highest BCUT2D eigenvalue weighted by atomic mass is 32.3. The van der Waals surface area contributed by atoms with Crippen molar-refractivity contribution in [1.29, 1.82) is 0 Å². The summed E-state index contributed by atoms with van der Waals surface area (Å²) in [4.78, 5) is 13.2. The highest BCUT2D eigenvalue weighted by Crippen LogP contribution is 2.27. The van der Waals surface area contributed by atoms with Gasteiger partial charge < -0.3 is 35.2 Å². The molecular weight excluding hydrogens is 1030 g/mol. The minimum atomic E-state index is -5.08. The van der Waals surface area contributed by atoms with Crippen molar-refractivity contribution in [3.63, 3.8) is 0 Å². The van der Waals surface area contributed by atoms with Gasteiger partial charge in [0.15, 0.2) is 6.29 Å². The van der Waals surface area contributed by atoms with Crippen LogP contribution in [0.2, 0.25) is 0 Å². The van der Waals surface area contributed by atoms with E-state index in [1.54, 1.807) is 0 Å². The summed E-state index contributed by atoms with van der Waals surface area (Å²) in [7, 11) is -5.08. The van der Waals surface area contributed by atoms with Crippen LogP contribution in [-0.2, 0) is 28.9 Å². The molecule has 0 radical (unpaired) electrons. The summed E-state index contributed by atoms with van der Waals surface area (Å²) in [6, 6.07) is -0.857. The summed E-state index contributed by atoms with van der Waals surface area (Å²) < 4.78 is 48.1. The average Bonchev–Trinajstić information content (AvgIpc) is 3.44. The molecule has 6 N–H and O–H groups in total. The summed E-state index contributed by atoms with van der Waals surface area (Å²) in [5.41, 5.74) is 0. The molecule has 0 bridgehead atoms.